The van der Waals surface area contributed by atoms with Gasteiger partial charge in [0.1, 0.15) is 0 Å². The van der Waals surface area contributed by atoms with E-state index in [9.17, 15) is 4.79 Å². The minimum Gasteiger partial charge on any atom is -0.342 e. The van der Waals surface area contributed by atoms with Crippen molar-refractivity contribution in [3.05, 3.63) is 0 Å². The highest BCUT2D eigenvalue weighted by molar-refractivity contribution is 5.79. The van der Waals surface area contributed by atoms with Crippen LogP contribution in [0.1, 0.15) is 64.7 Å². The molecule has 3 nitrogen and oxygen atoms in total. The molecule has 2 saturated heterocycles. The molecule has 1 saturated carbocycles. The molecule has 1 N–H and O–H groups in total. The van der Waals surface area contributed by atoms with E-state index in [4.69, 9.17) is 0 Å². The van der Waals surface area contributed by atoms with Crippen LogP contribution in [-0.2, 0) is 4.79 Å². The van der Waals surface area contributed by atoms with Gasteiger partial charge in [-0.2, -0.15) is 0 Å². The van der Waals surface area contributed by atoms with Gasteiger partial charge in [-0.05, 0) is 57.4 Å². The number of piperidine rings is 2. The highest BCUT2D eigenvalue weighted by Gasteiger charge is 2.38. The molecule has 20 heavy (non-hydrogen) atoms. The predicted octanol–water partition coefficient (Wildman–Crippen LogP) is 2.95. The Hall–Kier alpha value is -0.570. The molecule has 0 bridgehead atoms. The molecule has 3 rings (SSSR count). The maximum Gasteiger partial charge on any atom is 0.225 e. The Balaban J connectivity index is 1.53. The van der Waals surface area contributed by atoms with Crippen LogP contribution in [0, 0.1) is 11.3 Å². The Labute approximate surface area is 123 Å². The van der Waals surface area contributed by atoms with E-state index in [1.165, 1.54) is 44.9 Å². The lowest BCUT2D eigenvalue weighted by molar-refractivity contribution is -0.139. The molecule has 3 aliphatic rings. The fourth-order valence-corrected chi connectivity index (χ4v) is 4.62. The monoisotopic (exact) mass is 278 g/mol. The summed E-state index contributed by atoms with van der Waals surface area (Å²) < 4.78 is 0. The van der Waals surface area contributed by atoms with E-state index < -0.39 is 0 Å². The summed E-state index contributed by atoms with van der Waals surface area (Å²) in [6.07, 6.45) is 11.7. The molecule has 1 amide bonds. The highest BCUT2D eigenvalue weighted by Crippen LogP contribution is 2.44. The number of nitrogens with one attached hydrogen (secondary N) is 1. The fourth-order valence-electron chi connectivity index (χ4n) is 4.62. The van der Waals surface area contributed by atoms with Crippen molar-refractivity contribution in [2.24, 2.45) is 11.3 Å². The van der Waals surface area contributed by atoms with Gasteiger partial charge in [0.2, 0.25) is 5.91 Å². The van der Waals surface area contributed by atoms with Gasteiger partial charge in [-0.25, -0.2) is 0 Å². The quantitative estimate of drug-likeness (QED) is 0.800. The molecule has 1 aliphatic carbocycles. The predicted molar refractivity (Wildman–Crippen MR) is 81.5 cm³/mol. The SMILES string of the molecule is CC1CC(C(=O)N2CCC3(CCCCC3)CC2)CCN1. The summed E-state index contributed by atoms with van der Waals surface area (Å²) >= 11 is 0. The average Bonchev–Trinajstić information content (AvgIpc) is 2.48. The molecular formula is C17H30N2O. The molecule has 3 fully saturated rings. The second kappa shape index (κ2) is 6.05. The first-order valence-corrected chi connectivity index (χ1v) is 8.71. The van der Waals surface area contributed by atoms with E-state index in [1.54, 1.807) is 0 Å². The Bertz CT molecular complexity index is 339. The normalized spacial score (nSPS) is 34.1. The summed E-state index contributed by atoms with van der Waals surface area (Å²) in [6, 6.07) is 0.507. The second-order valence-corrected chi connectivity index (χ2v) is 7.46. The number of carbonyl (C=O) groups excluding carboxylic acids is 1. The van der Waals surface area contributed by atoms with E-state index in [1.807, 2.05) is 0 Å². The lowest BCUT2D eigenvalue weighted by Gasteiger charge is -2.45. The van der Waals surface area contributed by atoms with E-state index in [-0.39, 0.29) is 5.92 Å². The number of hydrogen-bond donors (Lipinski definition) is 1. The molecule has 0 aromatic rings. The molecule has 114 valence electrons. The van der Waals surface area contributed by atoms with E-state index >= 15 is 0 Å². The zero-order valence-corrected chi connectivity index (χ0v) is 13.0. The minimum atomic E-state index is 0.284. The lowest BCUT2D eigenvalue weighted by Crippen LogP contribution is -2.48. The van der Waals surface area contributed by atoms with Crippen molar-refractivity contribution in [3.63, 3.8) is 0 Å². The van der Waals surface area contributed by atoms with Gasteiger partial charge in [0, 0.05) is 25.0 Å². The average molecular weight is 278 g/mol. The molecule has 1 spiro atoms. The van der Waals surface area contributed by atoms with Crippen LogP contribution >= 0.6 is 0 Å². The van der Waals surface area contributed by atoms with Crippen LogP contribution in [0.2, 0.25) is 0 Å². The Morgan fingerprint density at radius 1 is 1.10 bits per heavy atom. The topological polar surface area (TPSA) is 32.3 Å². The summed E-state index contributed by atoms with van der Waals surface area (Å²) in [5, 5.41) is 3.45. The molecule has 0 aromatic carbocycles. The van der Waals surface area contributed by atoms with Crippen LogP contribution < -0.4 is 5.32 Å². The largest absolute Gasteiger partial charge is 0.342 e. The first kappa shape index (κ1) is 14.4. The van der Waals surface area contributed by atoms with Crippen molar-refractivity contribution < 1.29 is 4.79 Å². The van der Waals surface area contributed by atoms with Crippen molar-refractivity contribution in [3.8, 4) is 0 Å². The van der Waals surface area contributed by atoms with Gasteiger partial charge in [-0.3, -0.25) is 4.79 Å². The van der Waals surface area contributed by atoms with Gasteiger partial charge in [-0.1, -0.05) is 19.3 Å². The van der Waals surface area contributed by atoms with Gasteiger partial charge in [0.25, 0.3) is 0 Å². The van der Waals surface area contributed by atoms with Crippen LogP contribution in [0.5, 0.6) is 0 Å². The standard InChI is InChI=1S/C17H30N2O/c1-14-13-15(5-10-18-14)16(20)19-11-8-17(9-12-19)6-3-2-4-7-17/h14-15,18H,2-13H2,1H3. The first-order valence-electron chi connectivity index (χ1n) is 8.71. The van der Waals surface area contributed by atoms with Crippen molar-refractivity contribution in [1.29, 1.82) is 0 Å². The first-order chi connectivity index (χ1) is 9.69. The summed E-state index contributed by atoms with van der Waals surface area (Å²) in [5.41, 5.74) is 0.608. The molecule has 3 heteroatoms. The van der Waals surface area contributed by atoms with Crippen LogP contribution in [0.3, 0.4) is 0 Å². The minimum absolute atomic E-state index is 0.284. The number of hydrogen-bond acceptors (Lipinski definition) is 2. The second-order valence-electron chi connectivity index (χ2n) is 7.46. The zero-order valence-electron chi connectivity index (χ0n) is 13.0. The molecule has 2 unspecified atom stereocenters. The number of rotatable bonds is 1. The molecular weight excluding hydrogens is 248 g/mol. The third-order valence-corrected chi connectivity index (χ3v) is 6.02. The third kappa shape index (κ3) is 3.03. The van der Waals surface area contributed by atoms with Gasteiger partial charge < -0.3 is 10.2 Å². The van der Waals surface area contributed by atoms with Gasteiger partial charge in [0.15, 0.2) is 0 Å². The lowest BCUT2D eigenvalue weighted by atomic mass is 9.68. The Morgan fingerprint density at radius 3 is 2.45 bits per heavy atom. The van der Waals surface area contributed by atoms with Crippen LogP contribution in [0.4, 0.5) is 0 Å². The maximum atomic E-state index is 12.7. The van der Waals surface area contributed by atoms with Crippen molar-refractivity contribution in [2.45, 2.75) is 70.8 Å². The van der Waals surface area contributed by atoms with E-state index in [0.717, 1.165) is 32.5 Å². The summed E-state index contributed by atoms with van der Waals surface area (Å²) in [7, 11) is 0. The summed E-state index contributed by atoms with van der Waals surface area (Å²) in [5.74, 6) is 0.732. The van der Waals surface area contributed by atoms with Crippen molar-refractivity contribution in [1.82, 2.24) is 10.2 Å². The number of carbonyl (C=O) groups is 1. The summed E-state index contributed by atoms with van der Waals surface area (Å²) in [6.45, 7) is 5.26. The molecule has 0 aromatic heterocycles. The van der Waals surface area contributed by atoms with E-state index in [0.29, 0.717) is 17.4 Å². The van der Waals surface area contributed by atoms with E-state index in [2.05, 4.69) is 17.1 Å². The Morgan fingerprint density at radius 2 is 1.80 bits per heavy atom. The fraction of sp³-hybridized carbons (Fsp3) is 0.941. The van der Waals surface area contributed by atoms with Crippen molar-refractivity contribution >= 4 is 5.91 Å². The summed E-state index contributed by atoms with van der Waals surface area (Å²) in [4.78, 5) is 14.9. The number of likely N-dealkylation sites (tertiary alicyclic amines) is 1. The van der Waals surface area contributed by atoms with Crippen LogP contribution in [-0.4, -0.2) is 36.5 Å². The van der Waals surface area contributed by atoms with Crippen LogP contribution in [0.25, 0.3) is 0 Å². The molecule has 2 aliphatic heterocycles. The van der Waals surface area contributed by atoms with Gasteiger partial charge >= 0.3 is 0 Å². The zero-order chi connectivity index (χ0) is 14.0. The number of nitrogens with zero attached hydrogens (tertiary/aromatic N) is 1. The third-order valence-electron chi connectivity index (χ3n) is 6.02. The molecule has 2 heterocycles. The van der Waals surface area contributed by atoms with Crippen molar-refractivity contribution in [2.75, 3.05) is 19.6 Å². The van der Waals surface area contributed by atoms with Gasteiger partial charge in [-0.15, -0.1) is 0 Å². The molecule has 0 radical (unpaired) electrons. The molecule has 2 atom stereocenters. The Kier molecular flexibility index (Phi) is 4.34. The van der Waals surface area contributed by atoms with Crippen LogP contribution in [0.15, 0.2) is 0 Å². The highest BCUT2D eigenvalue weighted by atomic mass is 16.2. The van der Waals surface area contributed by atoms with Gasteiger partial charge in [0.05, 0.1) is 0 Å². The maximum absolute atomic E-state index is 12.7. The smallest absolute Gasteiger partial charge is 0.225 e. The number of amides is 1.